The zero-order valence-electron chi connectivity index (χ0n) is 11.8. The standard InChI is InChI=1S/C16H20ClFO2/c1-16(2)7-6-12(15(19)20)11(9-16)8-10-4-3-5-13(18)14(10)17/h3-5,11-12H,6-9H2,1-2H3,(H,19,20). The van der Waals surface area contributed by atoms with Crippen LogP contribution in [0.5, 0.6) is 0 Å². The molecule has 2 rings (SSSR count). The predicted molar refractivity (Wildman–Crippen MR) is 77.4 cm³/mol. The van der Waals surface area contributed by atoms with Gasteiger partial charge in [0.15, 0.2) is 0 Å². The van der Waals surface area contributed by atoms with Gasteiger partial charge >= 0.3 is 5.97 Å². The van der Waals surface area contributed by atoms with Gasteiger partial charge in [-0.1, -0.05) is 37.6 Å². The second-order valence-corrected chi connectivity index (χ2v) is 6.91. The predicted octanol–water partition coefficient (Wildman–Crippen LogP) is 4.55. The Balaban J connectivity index is 2.23. The molecule has 1 N–H and O–H groups in total. The number of benzene rings is 1. The Hall–Kier alpha value is -1.09. The molecule has 1 aliphatic rings. The molecule has 0 amide bonds. The fraction of sp³-hybridized carbons (Fsp3) is 0.562. The van der Waals surface area contributed by atoms with Crippen molar-refractivity contribution < 1.29 is 14.3 Å². The highest BCUT2D eigenvalue weighted by atomic mass is 35.5. The summed E-state index contributed by atoms with van der Waals surface area (Å²) in [6.45, 7) is 4.32. The number of hydrogen-bond donors (Lipinski definition) is 1. The molecule has 2 atom stereocenters. The van der Waals surface area contributed by atoms with E-state index in [9.17, 15) is 14.3 Å². The minimum absolute atomic E-state index is 0.00977. The maximum absolute atomic E-state index is 13.5. The summed E-state index contributed by atoms with van der Waals surface area (Å²) in [5, 5.41) is 9.50. The van der Waals surface area contributed by atoms with E-state index in [1.807, 2.05) is 0 Å². The molecular formula is C16H20ClFO2. The summed E-state index contributed by atoms with van der Waals surface area (Å²) >= 11 is 5.99. The van der Waals surface area contributed by atoms with Crippen LogP contribution in [0.4, 0.5) is 4.39 Å². The summed E-state index contributed by atoms with van der Waals surface area (Å²) in [6.07, 6.45) is 2.95. The lowest BCUT2D eigenvalue weighted by atomic mass is 9.65. The maximum Gasteiger partial charge on any atom is 0.306 e. The topological polar surface area (TPSA) is 37.3 Å². The Morgan fingerprint density at radius 1 is 1.50 bits per heavy atom. The zero-order chi connectivity index (χ0) is 14.9. The van der Waals surface area contributed by atoms with Gasteiger partial charge in [0, 0.05) is 0 Å². The third kappa shape index (κ3) is 3.32. The molecule has 4 heteroatoms. The Morgan fingerprint density at radius 3 is 2.85 bits per heavy atom. The molecule has 20 heavy (non-hydrogen) atoms. The fourth-order valence-corrected chi connectivity index (χ4v) is 3.47. The van der Waals surface area contributed by atoms with Gasteiger partial charge in [-0.05, 0) is 48.6 Å². The van der Waals surface area contributed by atoms with Crippen molar-refractivity contribution in [3.8, 4) is 0 Å². The maximum atomic E-state index is 13.5. The first-order valence-corrected chi connectivity index (χ1v) is 7.34. The van der Waals surface area contributed by atoms with Gasteiger partial charge in [0.2, 0.25) is 0 Å². The number of hydrogen-bond acceptors (Lipinski definition) is 1. The van der Waals surface area contributed by atoms with Gasteiger partial charge < -0.3 is 5.11 Å². The first-order chi connectivity index (χ1) is 9.30. The van der Waals surface area contributed by atoms with E-state index in [4.69, 9.17) is 11.6 Å². The molecule has 0 saturated heterocycles. The zero-order valence-corrected chi connectivity index (χ0v) is 12.6. The van der Waals surface area contributed by atoms with E-state index in [0.29, 0.717) is 18.4 Å². The van der Waals surface area contributed by atoms with Gasteiger partial charge in [0.25, 0.3) is 0 Å². The van der Waals surface area contributed by atoms with Crippen LogP contribution in [0.2, 0.25) is 5.02 Å². The Morgan fingerprint density at radius 2 is 2.20 bits per heavy atom. The highest BCUT2D eigenvalue weighted by molar-refractivity contribution is 6.31. The largest absolute Gasteiger partial charge is 0.481 e. The summed E-state index contributed by atoms with van der Waals surface area (Å²) < 4.78 is 13.5. The molecule has 1 aromatic rings. The molecule has 1 aromatic carbocycles. The van der Waals surface area contributed by atoms with Gasteiger partial charge in [-0.25, -0.2) is 4.39 Å². The quantitative estimate of drug-likeness (QED) is 0.889. The molecule has 0 heterocycles. The molecule has 2 unspecified atom stereocenters. The van der Waals surface area contributed by atoms with Gasteiger partial charge in [0.05, 0.1) is 10.9 Å². The molecule has 0 aliphatic heterocycles. The van der Waals surface area contributed by atoms with E-state index >= 15 is 0 Å². The summed E-state index contributed by atoms with van der Waals surface area (Å²) in [4.78, 5) is 11.4. The summed E-state index contributed by atoms with van der Waals surface area (Å²) in [5.41, 5.74) is 0.844. The minimum Gasteiger partial charge on any atom is -0.481 e. The van der Waals surface area contributed by atoms with E-state index < -0.39 is 11.8 Å². The highest BCUT2D eigenvalue weighted by Gasteiger charge is 2.38. The number of halogens is 2. The number of rotatable bonds is 3. The van der Waals surface area contributed by atoms with Crippen LogP contribution in [-0.2, 0) is 11.2 Å². The van der Waals surface area contributed by atoms with Crippen molar-refractivity contribution in [2.45, 2.75) is 39.5 Å². The molecular weight excluding hydrogens is 279 g/mol. The normalized spacial score (nSPS) is 25.4. The molecule has 1 aliphatic carbocycles. The monoisotopic (exact) mass is 298 g/mol. The van der Waals surface area contributed by atoms with Crippen LogP contribution in [0.25, 0.3) is 0 Å². The van der Waals surface area contributed by atoms with Crippen LogP contribution in [0.15, 0.2) is 18.2 Å². The van der Waals surface area contributed by atoms with Gasteiger partial charge in [-0.15, -0.1) is 0 Å². The van der Waals surface area contributed by atoms with E-state index in [1.165, 1.54) is 6.07 Å². The van der Waals surface area contributed by atoms with Crippen molar-refractivity contribution >= 4 is 17.6 Å². The Kier molecular flexibility index (Phi) is 4.38. The average molecular weight is 299 g/mol. The second kappa shape index (κ2) is 5.72. The molecule has 0 radical (unpaired) electrons. The number of carbonyl (C=O) groups is 1. The van der Waals surface area contributed by atoms with Crippen molar-refractivity contribution in [3.63, 3.8) is 0 Å². The molecule has 0 spiro atoms. The summed E-state index contributed by atoms with van der Waals surface area (Å²) in [6, 6.07) is 4.73. The SMILES string of the molecule is CC1(C)CCC(C(=O)O)C(Cc2cccc(F)c2Cl)C1. The molecule has 1 saturated carbocycles. The van der Waals surface area contributed by atoms with Crippen molar-refractivity contribution in [3.05, 3.63) is 34.6 Å². The van der Waals surface area contributed by atoms with Crippen LogP contribution in [0, 0.1) is 23.1 Å². The van der Waals surface area contributed by atoms with Gasteiger partial charge in [-0.3, -0.25) is 4.79 Å². The average Bonchev–Trinajstić information content (AvgIpc) is 2.33. The fourth-order valence-electron chi connectivity index (χ4n) is 3.26. The smallest absolute Gasteiger partial charge is 0.306 e. The van der Waals surface area contributed by atoms with Crippen molar-refractivity contribution in [2.24, 2.45) is 17.3 Å². The van der Waals surface area contributed by atoms with Crippen LogP contribution in [-0.4, -0.2) is 11.1 Å². The Bertz CT molecular complexity index is 513. The second-order valence-electron chi connectivity index (χ2n) is 6.53. The van der Waals surface area contributed by atoms with Gasteiger partial charge in [-0.2, -0.15) is 0 Å². The first kappa shape index (κ1) is 15.3. The summed E-state index contributed by atoms with van der Waals surface area (Å²) in [7, 11) is 0. The first-order valence-electron chi connectivity index (χ1n) is 6.96. The van der Waals surface area contributed by atoms with E-state index in [1.54, 1.807) is 12.1 Å². The summed E-state index contributed by atoms with van der Waals surface area (Å²) in [5.74, 6) is -1.54. The molecule has 2 nitrogen and oxygen atoms in total. The van der Waals surface area contributed by atoms with Crippen molar-refractivity contribution in [2.75, 3.05) is 0 Å². The molecule has 0 aromatic heterocycles. The van der Waals surface area contributed by atoms with Crippen LogP contribution >= 0.6 is 11.6 Å². The molecule has 110 valence electrons. The van der Waals surface area contributed by atoms with E-state index in [0.717, 1.165) is 12.8 Å². The van der Waals surface area contributed by atoms with Crippen molar-refractivity contribution in [1.29, 1.82) is 0 Å². The molecule has 1 fully saturated rings. The number of carboxylic acid groups (broad SMARTS) is 1. The van der Waals surface area contributed by atoms with E-state index in [2.05, 4.69) is 13.8 Å². The van der Waals surface area contributed by atoms with Crippen LogP contribution in [0.1, 0.15) is 38.7 Å². The van der Waals surface area contributed by atoms with Crippen molar-refractivity contribution in [1.82, 2.24) is 0 Å². The Labute approximate surface area is 123 Å². The molecule has 0 bridgehead atoms. The lowest BCUT2D eigenvalue weighted by Gasteiger charge is -2.39. The number of carboxylic acids is 1. The third-order valence-corrected chi connectivity index (χ3v) is 4.77. The van der Waals surface area contributed by atoms with E-state index in [-0.39, 0.29) is 22.3 Å². The number of aliphatic carboxylic acids is 1. The van der Waals surface area contributed by atoms with Crippen LogP contribution in [0.3, 0.4) is 0 Å². The third-order valence-electron chi connectivity index (χ3n) is 4.35. The van der Waals surface area contributed by atoms with Gasteiger partial charge in [0.1, 0.15) is 5.82 Å². The minimum atomic E-state index is -0.752. The highest BCUT2D eigenvalue weighted by Crippen LogP contribution is 2.43. The van der Waals surface area contributed by atoms with Crippen LogP contribution < -0.4 is 0 Å². The lowest BCUT2D eigenvalue weighted by Crippen LogP contribution is -2.35. The lowest BCUT2D eigenvalue weighted by molar-refractivity contribution is -0.146.